The van der Waals surface area contributed by atoms with Gasteiger partial charge in [-0.3, -0.25) is 14.4 Å². The van der Waals surface area contributed by atoms with E-state index in [1.54, 1.807) is 19.9 Å². The van der Waals surface area contributed by atoms with Crippen molar-refractivity contribution in [1.29, 1.82) is 0 Å². The summed E-state index contributed by atoms with van der Waals surface area (Å²) < 4.78 is 33.3. The minimum atomic E-state index is -3.87. The van der Waals surface area contributed by atoms with E-state index in [2.05, 4.69) is 10.3 Å². The summed E-state index contributed by atoms with van der Waals surface area (Å²) in [5, 5.41) is 2.87. The van der Waals surface area contributed by atoms with Crippen molar-refractivity contribution in [3.05, 3.63) is 70.2 Å². The lowest BCUT2D eigenvalue weighted by Crippen LogP contribution is -2.35. The molecule has 0 saturated carbocycles. The average molecular weight is 486 g/mol. The van der Waals surface area contributed by atoms with Crippen molar-refractivity contribution in [3.63, 3.8) is 0 Å². The number of carbonyl (C=O) groups is 2. The highest BCUT2D eigenvalue weighted by molar-refractivity contribution is 7.92. The van der Waals surface area contributed by atoms with Crippen LogP contribution in [-0.2, 0) is 21.2 Å². The number of benzene rings is 2. The first-order chi connectivity index (χ1) is 15.7. The van der Waals surface area contributed by atoms with Crippen molar-refractivity contribution < 1.29 is 22.7 Å². The molecule has 0 saturated heterocycles. The molecular weight excluding hydrogens is 462 g/mol. The third-order valence-corrected chi connectivity index (χ3v) is 8.25. The third kappa shape index (κ3) is 4.36. The minimum absolute atomic E-state index is 0.0289. The van der Waals surface area contributed by atoms with Gasteiger partial charge in [-0.2, -0.15) is 0 Å². The van der Waals surface area contributed by atoms with Gasteiger partial charge in [0.25, 0.3) is 15.9 Å². The molecule has 0 spiro atoms. The van der Waals surface area contributed by atoms with E-state index < -0.39 is 21.9 Å². The number of ether oxygens (including phenoxy) is 1. The molecule has 0 radical (unpaired) electrons. The van der Waals surface area contributed by atoms with Gasteiger partial charge in [-0.1, -0.05) is 35.6 Å². The number of nitrogens with one attached hydrogen (secondary N) is 1. The summed E-state index contributed by atoms with van der Waals surface area (Å²) in [6.45, 7) is 5.46. The number of nitrogens with zero attached hydrogens (tertiary/aromatic N) is 2. The lowest BCUT2D eigenvalue weighted by atomic mass is 10.1. The van der Waals surface area contributed by atoms with Crippen LogP contribution in [-0.4, -0.2) is 37.9 Å². The maximum absolute atomic E-state index is 13.5. The van der Waals surface area contributed by atoms with Crippen LogP contribution in [0.4, 0.5) is 10.8 Å². The monoisotopic (exact) mass is 485 g/mol. The van der Waals surface area contributed by atoms with Gasteiger partial charge in [0.1, 0.15) is 4.88 Å². The van der Waals surface area contributed by atoms with Crippen LogP contribution in [0.5, 0.6) is 0 Å². The molecule has 1 N–H and O–H groups in total. The fourth-order valence-corrected chi connectivity index (χ4v) is 6.41. The number of hydrogen-bond donors (Lipinski definition) is 1. The van der Waals surface area contributed by atoms with Gasteiger partial charge in [0.15, 0.2) is 5.13 Å². The molecule has 0 aliphatic carbocycles. The predicted octanol–water partition coefficient (Wildman–Crippen LogP) is 4.02. The number of carbonyl (C=O) groups excluding carboxylic acids is 2. The highest BCUT2D eigenvalue weighted by atomic mass is 32.2. The molecule has 8 nitrogen and oxygen atoms in total. The number of sulfonamides is 1. The molecular formula is C23H23N3O5S2. The van der Waals surface area contributed by atoms with E-state index in [0.29, 0.717) is 22.7 Å². The molecule has 1 aliphatic heterocycles. The summed E-state index contributed by atoms with van der Waals surface area (Å²) >= 11 is 1.01. The van der Waals surface area contributed by atoms with E-state index in [-0.39, 0.29) is 28.2 Å². The minimum Gasteiger partial charge on any atom is -0.462 e. The van der Waals surface area contributed by atoms with Crippen LogP contribution in [0.15, 0.2) is 53.4 Å². The predicted molar refractivity (Wildman–Crippen MR) is 126 cm³/mol. The van der Waals surface area contributed by atoms with Crippen LogP contribution in [0.25, 0.3) is 0 Å². The first-order valence-electron chi connectivity index (χ1n) is 10.4. The Bertz CT molecular complexity index is 1330. The molecule has 0 bridgehead atoms. The summed E-state index contributed by atoms with van der Waals surface area (Å²) in [6.07, 6.45) is 0.627. The van der Waals surface area contributed by atoms with Gasteiger partial charge >= 0.3 is 5.97 Å². The quantitative estimate of drug-likeness (QED) is 0.529. The van der Waals surface area contributed by atoms with Gasteiger partial charge in [-0.25, -0.2) is 18.2 Å². The summed E-state index contributed by atoms with van der Waals surface area (Å²) in [5.74, 6) is -1.02. The number of esters is 1. The fourth-order valence-electron chi connectivity index (χ4n) is 3.82. The molecule has 1 aliphatic rings. The average Bonchev–Trinajstić information content (AvgIpc) is 3.32. The molecule has 10 heteroatoms. The van der Waals surface area contributed by atoms with Crippen molar-refractivity contribution in [2.24, 2.45) is 0 Å². The molecule has 2 heterocycles. The van der Waals surface area contributed by atoms with Crippen LogP contribution in [0.2, 0.25) is 0 Å². The Hall–Kier alpha value is -3.24. The van der Waals surface area contributed by atoms with Gasteiger partial charge in [0, 0.05) is 11.6 Å². The second-order valence-electron chi connectivity index (χ2n) is 7.62. The van der Waals surface area contributed by atoms with E-state index in [1.807, 2.05) is 25.1 Å². The molecule has 2 aromatic carbocycles. The molecule has 1 amide bonds. The van der Waals surface area contributed by atoms with Gasteiger partial charge < -0.3 is 4.74 Å². The molecule has 0 fully saturated rings. The van der Waals surface area contributed by atoms with E-state index >= 15 is 0 Å². The Morgan fingerprint density at radius 3 is 2.73 bits per heavy atom. The highest BCUT2D eigenvalue weighted by Gasteiger charge is 2.36. The number of hydrogen-bond acceptors (Lipinski definition) is 7. The molecule has 0 unspecified atom stereocenters. The number of amides is 1. The molecule has 172 valence electrons. The van der Waals surface area contributed by atoms with E-state index in [1.165, 1.54) is 28.6 Å². The summed E-state index contributed by atoms with van der Waals surface area (Å²) in [6, 6.07) is 13.1. The zero-order valence-corrected chi connectivity index (χ0v) is 20.0. The van der Waals surface area contributed by atoms with Gasteiger partial charge in [0.2, 0.25) is 0 Å². The molecule has 1 aromatic heterocycles. The van der Waals surface area contributed by atoms with Crippen LogP contribution in [0, 0.1) is 6.92 Å². The Labute approximate surface area is 196 Å². The number of para-hydroxylation sites is 1. The smallest absolute Gasteiger partial charge is 0.350 e. The number of aryl methyl sites for hydroxylation is 1. The molecule has 33 heavy (non-hydrogen) atoms. The number of aromatic nitrogens is 1. The fraction of sp³-hybridized carbons (Fsp3) is 0.261. The molecule has 3 aromatic rings. The zero-order valence-electron chi connectivity index (χ0n) is 18.4. The SMILES string of the molecule is CCOC(=O)c1sc(NC(=O)c2cccc(S(=O)(=O)N3c4ccccc4C[C@@H]3C)c2)nc1C. The lowest BCUT2D eigenvalue weighted by molar-refractivity contribution is 0.0531. The van der Waals surface area contributed by atoms with E-state index in [0.717, 1.165) is 16.9 Å². The van der Waals surface area contributed by atoms with Crippen molar-refractivity contribution in [2.75, 3.05) is 16.2 Å². The number of rotatable bonds is 6. The number of thiazole rings is 1. The van der Waals surface area contributed by atoms with Crippen LogP contribution in [0.3, 0.4) is 0 Å². The Balaban J connectivity index is 1.59. The van der Waals surface area contributed by atoms with Crippen LogP contribution in [0.1, 0.15) is 45.1 Å². The van der Waals surface area contributed by atoms with Crippen LogP contribution < -0.4 is 9.62 Å². The maximum atomic E-state index is 13.5. The van der Waals surface area contributed by atoms with Crippen molar-refractivity contribution >= 4 is 44.1 Å². The van der Waals surface area contributed by atoms with E-state index in [9.17, 15) is 18.0 Å². The third-order valence-electron chi connectivity index (χ3n) is 5.28. The maximum Gasteiger partial charge on any atom is 0.350 e. The zero-order chi connectivity index (χ0) is 23.8. The molecule has 4 rings (SSSR count). The standard InChI is InChI=1S/C23H23N3O5S2/c1-4-31-22(28)20-15(3)24-23(32-20)25-21(27)17-9-7-10-18(13-17)33(29,30)26-14(2)12-16-8-5-6-11-19(16)26/h5-11,13-14H,4,12H2,1-3H3,(H,24,25,27)/t14-/m0/s1. The Morgan fingerprint density at radius 2 is 1.97 bits per heavy atom. The topological polar surface area (TPSA) is 106 Å². The van der Waals surface area contributed by atoms with E-state index in [4.69, 9.17) is 4.74 Å². The second-order valence-corrected chi connectivity index (χ2v) is 10.4. The van der Waals surface area contributed by atoms with Crippen molar-refractivity contribution in [2.45, 2.75) is 38.1 Å². The molecule has 1 atom stereocenters. The number of anilines is 2. The first kappa shape index (κ1) is 22.9. The van der Waals surface area contributed by atoms with Crippen molar-refractivity contribution in [1.82, 2.24) is 4.98 Å². The largest absolute Gasteiger partial charge is 0.462 e. The summed E-state index contributed by atoms with van der Waals surface area (Å²) in [5.41, 5.74) is 2.25. The Morgan fingerprint density at radius 1 is 1.21 bits per heavy atom. The highest BCUT2D eigenvalue weighted by Crippen LogP contribution is 2.36. The first-order valence-corrected chi connectivity index (χ1v) is 12.7. The summed E-state index contributed by atoms with van der Waals surface area (Å²) in [4.78, 5) is 29.4. The Kier molecular flexibility index (Phi) is 6.22. The lowest BCUT2D eigenvalue weighted by Gasteiger charge is -2.24. The van der Waals surface area contributed by atoms with Gasteiger partial charge in [0.05, 0.1) is 22.9 Å². The summed E-state index contributed by atoms with van der Waals surface area (Å²) in [7, 11) is -3.87. The normalized spacial score (nSPS) is 15.2. The van der Waals surface area contributed by atoms with Gasteiger partial charge in [-0.05, 0) is 57.0 Å². The van der Waals surface area contributed by atoms with Crippen LogP contribution >= 0.6 is 11.3 Å². The van der Waals surface area contributed by atoms with Gasteiger partial charge in [-0.15, -0.1) is 0 Å². The number of fused-ring (bicyclic) bond motifs is 1. The second kappa shape index (κ2) is 8.95. The van der Waals surface area contributed by atoms with Crippen molar-refractivity contribution in [3.8, 4) is 0 Å².